The molecule has 0 spiro atoms. The van der Waals surface area contributed by atoms with Crippen LogP contribution in [0.25, 0.3) is 44.6 Å². The van der Waals surface area contributed by atoms with E-state index in [1.54, 1.807) is 71.5 Å². The number of carbonyl (C=O) groups excluding carboxylic acids is 4. The standard InChI is InChI=1S/C49H44N4O12/c1-5-26-28-16-24(12-14-36(28)50-42-30(26)20-52-38(42)18-34-32(44(52)56)22-62-46(58)48(34,60)7-3)64-40(54)10-9-11-41(55)65-25-13-15-37-29(17-25)27(6-2)31-21-53-39(43(31)51-37)19-35-33(45(53)57)23-63-47(59)49(35,61)8-4/h12-19,60-61H,5-11,20-23H2,1-4H3/t48-,49-/m0/s1. The molecule has 4 aliphatic heterocycles. The summed E-state index contributed by atoms with van der Waals surface area (Å²) >= 11 is 0. The molecule has 332 valence electrons. The molecule has 4 aliphatic rings. The van der Waals surface area contributed by atoms with Crippen LogP contribution < -0.4 is 20.6 Å². The maximum atomic E-state index is 13.7. The zero-order valence-electron chi connectivity index (χ0n) is 36.2. The Balaban J connectivity index is 0.819. The SMILES string of the molecule is CCc1c2c(nc3ccc(OC(=O)CCCC(=O)Oc4ccc5nc6c(c(CC)c5c4)Cn4c-6cc5c(c4=O)COC(=O)[C@]5(O)CC)cc13)-c1cc3c(c(=O)n1C2)COC(=O)[C@]3(O)CC. The number of benzene rings is 2. The van der Waals surface area contributed by atoms with E-state index in [0.717, 1.165) is 33.0 Å². The van der Waals surface area contributed by atoms with E-state index in [-0.39, 0.29) is 91.8 Å². The molecule has 6 aromatic rings. The van der Waals surface area contributed by atoms with Gasteiger partial charge in [-0.2, -0.15) is 0 Å². The number of esters is 4. The second-order valence-electron chi connectivity index (χ2n) is 16.9. The first-order valence-corrected chi connectivity index (χ1v) is 21.9. The summed E-state index contributed by atoms with van der Waals surface area (Å²) in [6.07, 6.45) is 1.32. The van der Waals surface area contributed by atoms with Crippen molar-refractivity contribution >= 4 is 45.7 Å². The fourth-order valence-electron chi connectivity index (χ4n) is 9.96. The van der Waals surface area contributed by atoms with E-state index in [2.05, 4.69) is 0 Å². The molecular weight excluding hydrogens is 837 g/mol. The topological polar surface area (TPSA) is 215 Å². The van der Waals surface area contributed by atoms with Crippen LogP contribution in [-0.2, 0) is 79.0 Å². The van der Waals surface area contributed by atoms with E-state index >= 15 is 0 Å². The zero-order chi connectivity index (χ0) is 45.7. The summed E-state index contributed by atoms with van der Waals surface area (Å²) in [5.74, 6) is -2.04. The first-order chi connectivity index (χ1) is 31.2. The van der Waals surface area contributed by atoms with Gasteiger partial charge in [-0.05, 0) is 91.8 Å². The molecule has 8 heterocycles. The molecule has 0 unspecified atom stereocenters. The van der Waals surface area contributed by atoms with Crippen molar-refractivity contribution in [2.24, 2.45) is 0 Å². The Morgan fingerprint density at radius 1 is 0.631 bits per heavy atom. The van der Waals surface area contributed by atoms with Gasteiger partial charge in [0.25, 0.3) is 11.1 Å². The minimum atomic E-state index is -1.93. The van der Waals surface area contributed by atoms with Gasteiger partial charge >= 0.3 is 23.9 Å². The monoisotopic (exact) mass is 880 g/mol. The summed E-state index contributed by atoms with van der Waals surface area (Å²) in [5, 5.41) is 24.0. The molecule has 2 N–H and O–H groups in total. The minimum Gasteiger partial charge on any atom is -0.458 e. The minimum absolute atomic E-state index is 0.0411. The van der Waals surface area contributed by atoms with Gasteiger partial charge in [0.1, 0.15) is 24.7 Å². The van der Waals surface area contributed by atoms with E-state index < -0.39 is 35.1 Å². The second-order valence-corrected chi connectivity index (χ2v) is 16.9. The van der Waals surface area contributed by atoms with Crippen LogP contribution >= 0.6 is 0 Å². The van der Waals surface area contributed by atoms with Crippen molar-refractivity contribution in [2.75, 3.05) is 0 Å². The highest BCUT2D eigenvalue weighted by molar-refractivity contribution is 5.92. The number of rotatable bonds is 10. The zero-order valence-corrected chi connectivity index (χ0v) is 36.2. The third-order valence-corrected chi connectivity index (χ3v) is 13.5. The van der Waals surface area contributed by atoms with Crippen LogP contribution in [0.1, 0.15) is 104 Å². The first-order valence-electron chi connectivity index (χ1n) is 21.9. The number of hydrogen-bond acceptors (Lipinski definition) is 14. The lowest BCUT2D eigenvalue weighted by Gasteiger charge is -2.31. The first kappa shape index (κ1) is 41.9. The average molecular weight is 881 g/mol. The molecule has 0 amide bonds. The smallest absolute Gasteiger partial charge is 0.343 e. The van der Waals surface area contributed by atoms with Gasteiger partial charge in [-0.15, -0.1) is 0 Å². The Labute approximate surface area is 370 Å². The fraction of sp³-hybridized carbons (Fsp3) is 0.347. The van der Waals surface area contributed by atoms with Crippen LogP contribution in [-0.4, -0.2) is 53.2 Å². The Kier molecular flexibility index (Phi) is 9.87. The Hall–Kier alpha value is -7.04. The van der Waals surface area contributed by atoms with Crippen molar-refractivity contribution in [1.82, 2.24) is 19.1 Å². The number of ether oxygens (including phenoxy) is 4. The van der Waals surface area contributed by atoms with E-state index in [1.165, 1.54) is 0 Å². The second kappa shape index (κ2) is 15.3. The van der Waals surface area contributed by atoms with Crippen LogP contribution in [0.4, 0.5) is 0 Å². The number of carbonyl (C=O) groups is 4. The van der Waals surface area contributed by atoms with Gasteiger partial charge in [-0.1, -0.05) is 27.7 Å². The largest absolute Gasteiger partial charge is 0.458 e. The summed E-state index contributed by atoms with van der Waals surface area (Å²) in [4.78, 5) is 88.5. The lowest BCUT2D eigenvalue weighted by atomic mass is 9.86. The van der Waals surface area contributed by atoms with Gasteiger partial charge in [0.2, 0.25) is 0 Å². The summed E-state index contributed by atoms with van der Waals surface area (Å²) in [7, 11) is 0. The van der Waals surface area contributed by atoms with Gasteiger partial charge in [0.15, 0.2) is 11.2 Å². The predicted molar refractivity (Wildman–Crippen MR) is 233 cm³/mol. The van der Waals surface area contributed by atoms with E-state index in [4.69, 9.17) is 28.9 Å². The Morgan fingerprint density at radius 3 is 1.43 bits per heavy atom. The Morgan fingerprint density at radius 2 is 1.05 bits per heavy atom. The lowest BCUT2D eigenvalue weighted by molar-refractivity contribution is -0.172. The summed E-state index contributed by atoms with van der Waals surface area (Å²) in [6.45, 7) is 7.33. The van der Waals surface area contributed by atoms with Gasteiger partial charge in [-0.25, -0.2) is 19.6 Å². The molecule has 16 heteroatoms. The van der Waals surface area contributed by atoms with Crippen molar-refractivity contribution in [3.8, 4) is 34.3 Å². The molecular formula is C49H44N4O12. The quantitative estimate of drug-likeness (QED) is 0.132. The normalized spacial score (nSPS) is 18.9. The molecule has 0 fully saturated rings. The number of fused-ring (bicyclic) bond motifs is 10. The lowest BCUT2D eigenvalue weighted by Crippen LogP contribution is -2.44. The van der Waals surface area contributed by atoms with Gasteiger partial charge < -0.3 is 38.3 Å². The molecule has 0 saturated heterocycles. The van der Waals surface area contributed by atoms with E-state index in [9.17, 15) is 39.0 Å². The third kappa shape index (κ3) is 6.32. The van der Waals surface area contributed by atoms with Crippen LogP contribution in [0.15, 0.2) is 58.1 Å². The molecule has 0 radical (unpaired) electrons. The summed E-state index contributed by atoms with van der Waals surface area (Å²) in [5.41, 5.74) is 3.34. The summed E-state index contributed by atoms with van der Waals surface area (Å²) < 4.78 is 25.0. The molecule has 2 aromatic carbocycles. The number of hydrogen-bond donors (Lipinski definition) is 2. The van der Waals surface area contributed by atoms with Crippen LogP contribution in [0.5, 0.6) is 11.5 Å². The van der Waals surface area contributed by atoms with Gasteiger partial charge in [0.05, 0.1) is 58.0 Å². The average Bonchev–Trinajstić information content (AvgIpc) is 3.86. The molecule has 0 saturated carbocycles. The van der Waals surface area contributed by atoms with Crippen molar-refractivity contribution in [3.63, 3.8) is 0 Å². The number of aromatic nitrogens is 4. The van der Waals surface area contributed by atoms with Gasteiger partial charge in [0, 0.05) is 45.9 Å². The van der Waals surface area contributed by atoms with E-state index in [1.807, 2.05) is 13.8 Å². The van der Waals surface area contributed by atoms with Crippen molar-refractivity contribution in [2.45, 2.75) is 110 Å². The van der Waals surface area contributed by atoms with Crippen LogP contribution in [0, 0.1) is 0 Å². The van der Waals surface area contributed by atoms with Crippen LogP contribution in [0.2, 0.25) is 0 Å². The number of pyridine rings is 4. The third-order valence-electron chi connectivity index (χ3n) is 13.5. The maximum absolute atomic E-state index is 13.7. The fourth-order valence-corrected chi connectivity index (χ4v) is 9.96. The van der Waals surface area contributed by atoms with Crippen molar-refractivity contribution < 1.29 is 48.3 Å². The molecule has 10 rings (SSSR count). The summed E-state index contributed by atoms with van der Waals surface area (Å²) in [6, 6.07) is 13.6. The molecule has 2 atom stereocenters. The molecule has 16 nitrogen and oxygen atoms in total. The van der Waals surface area contributed by atoms with Crippen LogP contribution in [0.3, 0.4) is 0 Å². The van der Waals surface area contributed by atoms with Crippen molar-refractivity contribution in [3.05, 3.63) is 114 Å². The van der Waals surface area contributed by atoms with Crippen molar-refractivity contribution in [1.29, 1.82) is 0 Å². The Bertz CT molecular complexity index is 3050. The molecule has 0 bridgehead atoms. The molecule has 4 aromatic heterocycles. The highest BCUT2D eigenvalue weighted by atomic mass is 16.6. The highest BCUT2D eigenvalue weighted by Gasteiger charge is 2.47. The highest BCUT2D eigenvalue weighted by Crippen LogP contribution is 2.43. The maximum Gasteiger partial charge on any atom is 0.343 e. The molecule has 65 heavy (non-hydrogen) atoms. The number of cyclic esters (lactones) is 2. The number of aryl methyl sites for hydroxylation is 2. The number of nitrogens with zero attached hydrogens (tertiary/aromatic N) is 4. The van der Waals surface area contributed by atoms with Gasteiger partial charge in [-0.3, -0.25) is 19.2 Å². The number of aliphatic hydroxyl groups is 2. The predicted octanol–water partition coefficient (Wildman–Crippen LogP) is 5.28. The van der Waals surface area contributed by atoms with E-state index in [0.29, 0.717) is 58.1 Å². The molecule has 0 aliphatic carbocycles.